The van der Waals surface area contributed by atoms with Gasteiger partial charge < -0.3 is 9.73 Å². The lowest BCUT2D eigenvalue weighted by atomic mass is 10.1. The Balaban J connectivity index is 1.75. The van der Waals surface area contributed by atoms with Gasteiger partial charge in [-0.25, -0.2) is 0 Å². The molecule has 2 atom stereocenters. The van der Waals surface area contributed by atoms with Gasteiger partial charge in [0, 0.05) is 27.8 Å². The zero-order valence-electron chi connectivity index (χ0n) is 11.4. The summed E-state index contributed by atoms with van der Waals surface area (Å²) in [5.41, 5.74) is 3.12. The second-order valence-corrected chi connectivity index (χ2v) is 6.91. The summed E-state index contributed by atoms with van der Waals surface area (Å²) in [6.07, 6.45) is 1.25. The number of thioether (sulfide) groups is 1. The topological polar surface area (TPSA) is 25.2 Å². The normalized spacial score (nSPS) is 22.6. The molecule has 4 rings (SSSR count). The number of hydrogen-bond donors (Lipinski definition) is 1. The van der Waals surface area contributed by atoms with Crippen LogP contribution >= 0.6 is 11.8 Å². The molecule has 1 fully saturated rings. The molecule has 3 aromatic rings. The fraction of sp³-hybridized carbons (Fsp3) is 0.294. The Morgan fingerprint density at radius 2 is 1.95 bits per heavy atom. The molecule has 0 amide bonds. The van der Waals surface area contributed by atoms with Crippen molar-refractivity contribution in [3.63, 3.8) is 0 Å². The van der Waals surface area contributed by atoms with Gasteiger partial charge in [-0.2, -0.15) is 11.8 Å². The maximum atomic E-state index is 5.87. The number of anilines is 1. The van der Waals surface area contributed by atoms with Crippen LogP contribution in [0.1, 0.15) is 13.3 Å². The van der Waals surface area contributed by atoms with E-state index in [2.05, 4.69) is 54.3 Å². The molecule has 1 aliphatic heterocycles. The Morgan fingerprint density at radius 1 is 1.10 bits per heavy atom. The minimum Gasteiger partial charge on any atom is -0.456 e. The third-order valence-electron chi connectivity index (χ3n) is 4.11. The van der Waals surface area contributed by atoms with E-state index in [0.29, 0.717) is 11.3 Å². The molecule has 0 aliphatic carbocycles. The van der Waals surface area contributed by atoms with Gasteiger partial charge in [0.25, 0.3) is 0 Å². The summed E-state index contributed by atoms with van der Waals surface area (Å²) < 4.78 is 5.87. The second kappa shape index (κ2) is 4.74. The number of furan rings is 1. The van der Waals surface area contributed by atoms with Crippen LogP contribution in [0.25, 0.3) is 21.9 Å². The average molecular weight is 283 g/mol. The van der Waals surface area contributed by atoms with Gasteiger partial charge in [0.1, 0.15) is 11.2 Å². The fourth-order valence-electron chi connectivity index (χ4n) is 2.95. The molecule has 1 aliphatic rings. The van der Waals surface area contributed by atoms with Crippen LogP contribution in [0, 0.1) is 0 Å². The van der Waals surface area contributed by atoms with Crippen molar-refractivity contribution >= 4 is 39.4 Å². The van der Waals surface area contributed by atoms with E-state index in [9.17, 15) is 0 Å². The Kier molecular flexibility index (Phi) is 2.88. The van der Waals surface area contributed by atoms with Crippen molar-refractivity contribution in [2.45, 2.75) is 24.6 Å². The molecule has 2 nitrogen and oxygen atoms in total. The van der Waals surface area contributed by atoms with Crippen molar-refractivity contribution in [2.75, 3.05) is 11.1 Å². The van der Waals surface area contributed by atoms with E-state index in [-0.39, 0.29) is 0 Å². The van der Waals surface area contributed by atoms with Crippen LogP contribution in [0.2, 0.25) is 0 Å². The summed E-state index contributed by atoms with van der Waals surface area (Å²) in [4.78, 5) is 0. The van der Waals surface area contributed by atoms with E-state index in [4.69, 9.17) is 4.42 Å². The Bertz CT molecular complexity index is 764. The first-order valence-corrected chi connectivity index (χ1v) is 8.15. The van der Waals surface area contributed by atoms with Crippen LogP contribution < -0.4 is 5.32 Å². The molecule has 2 heterocycles. The quantitative estimate of drug-likeness (QED) is 0.724. The van der Waals surface area contributed by atoms with Crippen molar-refractivity contribution in [1.82, 2.24) is 0 Å². The van der Waals surface area contributed by atoms with E-state index in [1.165, 1.54) is 28.6 Å². The third-order valence-corrected chi connectivity index (χ3v) is 5.43. The molecule has 102 valence electrons. The van der Waals surface area contributed by atoms with E-state index in [1.807, 2.05) is 12.1 Å². The van der Waals surface area contributed by atoms with Crippen LogP contribution in [0.5, 0.6) is 0 Å². The highest BCUT2D eigenvalue weighted by atomic mass is 32.2. The molecule has 2 aromatic carbocycles. The van der Waals surface area contributed by atoms with Gasteiger partial charge in [-0.1, -0.05) is 25.1 Å². The zero-order valence-corrected chi connectivity index (χ0v) is 12.2. The molecule has 1 aromatic heterocycles. The van der Waals surface area contributed by atoms with Crippen molar-refractivity contribution in [1.29, 1.82) is 0 Å². The summed E-state index contributed by atoms with van der Waals surface area (Å²) in [6.45, 7) is 2.31. The highest BCUT2D eigenvalue weighted by Gasteiger charge is 2.23. The Labute approximate surface area is 122 Å². The van der Waals surface area contributed by atoms with Crippen molar-refractivity contribution in [3.05, 3.63) is 42.5 Å². The first-order valence-electron chi connectivity index (χ1n) is 7.11. The lowest BCUT2D eigenvalue weighted by Gasteiger charge is -2.17. The van der Waals surface area contributed by atoms with Gasteiger partial charge in [0.2, 0.25) is 0 Å². The number of nitrogens with one attached hydrogen (secondary N) is 1. The smallest absolute Gasteiger partial charge is 0.135 e. The Morgan fingerprint density at radius 3 is 2.80 bits per heavy atom. The number of hydrogen-bond acceptors (Lipinski definition) is 3. The monoisotopic (exact) mass is 283 g/mol. The highest BCUT2D eigenvalue weighted by Crippen LogP contribution is 2.33. The van der Waals surface area contributed by atoms with Gasteiger partial charge in [0.05, 0.1) is 0 Å². The molecule has 0 saturated carbocycles. The molecular weight excluding hydrogens is 266 g/mol. The van der Waals surface area contributed by atoms with Crippen LogP contribution in [0.4, 0.5) is 5.69 Å². The Hall–Kier alpha value is -1.61. The van der Waals surface area contributed by atoms with Crippen LogP contribution in [-0.4, -0.2) is 17.0 Å². The van der Waals surface area contributed by atoms with Crippen molar-refractivity contribution in [2.24, 2.45) is 0 Å². The minimum atomic E-state index is 0.579. The van der Waals surface area contributed by atoms with Crippen LogP contribution in [0.3, 0.4) is 0 Å². The van der Waals surface area contributed by atoms with Crippen LogP contribution in [-0.2, 0) is 0 Å². The van der Waals surface area contributed by atoms with Gasteiger partial charge in [-0.3, -0.25) is 0 Å². The fourth-order valence-corrected chi connectivity index (χ4v) is 4.15. The van der Waals surface area contributed by atoms with Gasteiger partial charge in [-0.05, 0) is 36.4 Å². The van der Waals surface area contributed by atoms with Crippen molar-refractivity contribution in [3.8, 4) is 0 Å². The minimum absolute atomic E-state index is 0.579. The molecule has 20 heavy (non-hydrogen) atoms. The van der Waals surface area contributed by atoms with E-state index in [0.717, 1.165) is 11.2 Å². The average Bonchev–Trinajstić information content (AvgIpc) is 3.03. The lowest BCUT2D eigenvalue weighted by Crippen LogP contribution is -2.24. The summed E-state index contributed by atoms with van der Waals surface area (Å²) in [7, 11) is 0. The zero-order chi connectivity index (χ0) is 13.5. The predicted molar refractivity (Wildman–Crippen MR) is 87.7 cm³/mol. The first kappa shape index (κ1) is 12.2. The highest BCUT2D eigenvalue weighted by molar-refractivity contribution is 8.00. The standard InChI is InChI=1S/C17H17NOS/c1-11-15(8-9-20-11)18-12-6-7-17-14(10-12)13-4-2-3-5-16(13)19-17/h2-7,10-11,15,18H,8-9H2,1H3. The number of rotatable bonds is 2. The van der Waals surface area contributed by atoms with Crippen LogP contribution in [0.15, 0.2) is 46.9 Å². The molecular formula is C17H17NOS. The summed E-state index contributed by atoms with van der Waals surface area (Å²) in [5, 5.41) is 6.75. The summed E-state index contributed by atoms with van der Waals surface area (Å²) >= 11 is 2.05. The number of benzene rings is 2. The first-order chi connectivity index (χ1) is 9.81. The van der Waals surface area contributed by atoms with E-state index < -0.39 is 0 Å². The van der Waals surface area contributed by atoms with Crippen molar-refractivity contribution < 1.29 is 4.42 Å². The van der Waals surface area contributed by atoms with Gasteiger partial charge in [-0.15, -0.1) is 0 Å². The molecule has 0 bridgehead atoms. The van der Waals surface area contributed by atoms with E-state index in [1.54, 1.807) is 0 Å². The summed E-state index contributed by atoms with van der Waals surface area (Å²) in [6, 6.07) is 15.2. The molecule has 0 spiro atoms. The largest absolute Gasteiger partial charge is 0.456 e. The number of fused-ring (bicyclic) bond motifs is 3. The van der Waals surface area contributed by atoms with E-state index >= 15 is 0 Å². The molecule has 1 saturated heterocycles. The SMILES string of the molecule is CC1SCCC1Nc1ccc2oc3ccccc3c2c1. The maximum absolute atomic E-state index is 5.87. The lowest BCUT2D eigenvalue weighted by molar-refractivity contribution is 0.669. The molecule has 1 N–H and O–H groups in total. The summed E-state index contributed by atoms with van der Waals surface area (Å²) in [5.74, 6) is 1.26. The number of para-hydroxylation sites is 1. The van der Waals surface area contributed by atoms with Gasteiger partial charge in [0.15, 0.2) is 0 Å². The molecule has 3 heteroatoms. The van der Waals surface area contributed by atoms with Gasteiger partial charge >= 0.3 is 0 Å². The second-order valence-electron chi connectivity index (χ2n) is 5.42. The molecule has 0 radical (unpaired) electrons. The third kappa shape index (κ3) is 1.97. The molecule has 2 unspecified atom stereocenters. The maximum Gasteiger partial charge on any atom is 0.135 e. The predicted octanol–water partition coefficient (Wildman–Crippen LogP) is 4.89.